The van der Waals surface area contributed by atoms with E-state index in [1.54, 1.807) is 6.92 Å². The Hall–Kier alpha value is -3.07. The predicted octanol–water partition coefficient (Wildman–Crippen LogP) is 5.36. The Bertz CT molecular complexity index is 1300. The van der Waals surface area contributed by atoms with Crippen LogP contribution in [0.15, 0.2) is 33.2 Å². The van der Waals surface area contributed by atoms with E-state index in [1.165, 1.54) is 12.8 Å². The first-order valence-electron chi connectivity index (χ1n) is 14.2. The number of hydrogen-bond donors (Lipinski definition) is 0. The van der Waals surface area contributed by atoms with E-state index in [-0.39, 0.29) is 22.7 Å². The quantitative estimate of drug-likeness (QED) is 0.412. The van der Waals surface area contributed by atoms with Gasteiger partial charge in [0.25, 0.3) is 0 Å². The lowest BCUT2D eigenvalue weighted by Crippen LogP contribution is -2.52. The first-order valence-corrected chi connectivity index (χ1v) is 14.2. The van der Waals surface area contributed by atoms with Crippen LogP contribution in [0.5, 0.6) is 0 Å². The molecule has 8 rings (SSSR count). The van der Waals surface area contributed by atoms with E-state index in [1.807, 2.05) is 29.2 Å². The summed E-state index contributed by atoms with van der Waals surface area (Å²) in [4.78, 5) is 20.9. The van der Waals surface area contributed by atoms with E-state index >= 15 is 0 Å². The van der Waals surface area contributed by atoms with Gasteiger partial charge in [0.2, 0.25) is 23.6 Å². The van der Waals surface area contributed by atoms with Gasteiger partial charge in [-0.25, -0.2) is 0 Å². The minimum atomic E-state index is -0.111. The van der Waals surface area contributed by atoms with Gasteiger partial charge >= 0.3 is 0 Å². The van der Waals surface area contributed by atoms with Crippen LogP contribution in [0, 0.1) is 18.3 Å². The van der Waals surface area contributed by atoms with E-state index in [4.69, 9.17) is 18.7 Å². The van der Waals surface area contributed by atoms with Crippen molar-refractivity contribution in [3.63, 3.8) is 0 Å². The van der Waals surface area contributed by atoms with Crippen molar-refractivity contribution in [1.82, 2.24) is 20.3 Å². The Kier molecular flexibility index (Phi) is 5.87. The van der Waals surface area contributed by atoms with Crippen LogP contribution >= 0.6 is 0 Å². The van der Waals surface area contributed by atoms with E-state index in [2.05, 4.69) is 15.4 Å². The molecule has 5 aliphatic rings. The summed E-state index contributed by atoms with van der Waals surface area (Å²) in [7, 11) is 0. The summed E-state index contributed by atoms with van der Waals surface area (Å²) in [6.45, 7) is 3.72. The summed E-state index contributed by atoms with van der Waals surface area (Å²) < 4.78 is 17.2. The van der Waals surface area contributed by atoms with Crippen LogP contribution in [0.4, 0.5) is 5.69 Å². The highest BCUT2D eigenvalue weighted by atomic mass is 16.5. The molecule has 9 nitrogen and oxygen atoms in total. The zero-order valence-electron chi connectivity index (χ0n) is 22.0. The highest BCUT2D eigenvalue weighted by Gasteiger charge is 2.53. The Morgan fingerprint density at radius 2 is 1.89 bits per heavy atom. The molecule has 9 heteroatoms. The Labute approximate surface area is 222 Å². The normalized spacial score (nSPS) is 28.9. The molecule has 3 heterocycles. The molecule has 1 aliphatic heterocycles. The molecule has 1 amide bonds. The fourth-order valence-electron chi connectivity index (χ4n) is 6.79. The first kappa shape index (κ1) is 24.0. The summed E-state index contributed by atoms with van der Waals surface area (Å²) in [5, 5.41) is 12.5. The van der Waals surface area contributed by atoms with Crippen LogP contribution in [0.2, 0.25) is 0 Å². The number of benzene rings is 1. The van der Waals surface area contributed by atoms with Gasteiger partial charge in [-0.1, -0.05) is 11.2 Å². The third kappa shape index (κ3) is 4.34. The predicted molar refractivity (Wildman–Crippen MR) is 138 cm³/mol. The number of amides is 1. The maximum atomic E-state index is 14.0. The number of aromatic nitrogens is 4. The lowest BCUT2D eigenvalue weighted by molar-refractivity contribution is -0.127. The topological polar surface area (TPSA) is 107 Å². The number of nitrogens with zero attached hydrogens (tertiary/aromatic N) is 5. The minimum absolute atomic E-state index is 0.00364. The monoisotopic (exact) mass is 517 g/mol. The van der Waals surface area contributed by atoms with Crippen LogP contribution in [0.1, 0.15) is 87.7 Å². The highest BCUT2D eigenvalue weighted by Crippen LogP contribution is 2.58. The third-order valence-corrected chi connectivity index (χ3v) is 9.44. The van der Waals surface area contributed by atoms with Crippen molar-refractivity contribution < 1.29 is 18.5 Å². The molecule has 2 bridgehead atoms. The molecule has 1 atom stereocenters. The van der Waals surface area contributed by atoms with Crippen LogP contribution in [-0.4, -0.2) is 46.0 Å². The van der Waals surface area contributed by atoms with Crippen LogP contribution in [-0.2, 0) is 14.9 Å². The van der Waals surface area contributed by atoms with Crippen LogP contribution in [0.25, 0.3) is 11.5 Å². The number of aryl methyl sites for hydroxylation is 1. The maximum Gasteiger partial charge on any atom is 0.247 e. The van der Waals surface area contributed by atoms with Crippen molar-refractivity contribution in [2.24, 2.45) is 11.3 Å². The van der Waals surface area contributed by atoms with Crippen molar-refractivity contribution in [2.75, 3.05) is 24.7 Å². The lowest BCUT2D eigenvalue weighted by Gasteiger charge is -2.53. The Balaban J connectivity index is 1.15. The van der Waals surface area contributed by atoms with Crippen LogP contribution < -0.4 is 4.90 Å². The van der Waals surface area contributed by atoms with Gasteiger partial charge in [0.1, 0.15) is 0 Å². The lowest BCUT2D eigenvalue weighted by atomic mass is 9.53. The molecule has 200 valence electrons. The molecule has 3 aromatic rings. The Morgan fingerprint density at radius 1 is 1.08 bits per heavy atom. The van der Waals surface area contributed by atoms with Gasteiger partial charge < -0.3 is 18.6 Å². The molecule has 0 N–H and O–H groups in total. The Morgan fingerprint density at radius 3 is 2.58 bits per heavy atom. The summed E-state index contributed by atoms with van der Waals surface area (Å²) in [5.41, 5.74) is 1.80. The molecule has 4 aliphatic carbocycles. The third-order valence-electron chi connectivity index (χ3n) is 9.44. The molecule has 2 aromatic heterocycles. The number of anilines is 1. The van der Waals surface area contributed by atoms with Gasteiger partial charge in [-0.2, -0.15) is 4.98 Å². The second-order valence-electron chi connectivity index (χ2n) is 12.0. The van der Waals surface area contributed by atoms with Crippen molar-refractivity contribution >= 4 is 11.6 Å². The van der Waals surface area contributed by atoms with Gasteiger partial charge in [-0.05, 0) is 87.8 Å². The van der Waals surface area contributed by atoms with E-state index in [9.17, 15) is 4.79 Å². The maximum absolute atomic E-state index is 14.0. The number of carbonyl (C=O) groups excluding carboxylic acids is 1. The molecule has 0 spiro atoms. The van der Waals surface area contributed by atoms with Crippen molar-refractivity contribution in [3.05, 3.63) is 41.9 Å². The zero-order valence-corrected chi connectivity index (χ0v) is 22.0. The minimum Gasteiger partial charge on any atom is -0.421 e. The molecule has 5 fully saturated rings. The van der Waals surface area contributed by atoms with Crippen molar-refractivity contribution in [3.8, 4) is 11.5 Å². The molecule has 4 saturated carbocycles. The molecule has 1 saturated heterocycles. The van der Waals surface area contributed by atoms with E-state index < -0.39 is 0 Å². The van der Waals surface area contributed by atoms with Gasteiger partial charge in [-0.3, -0.25) is 4.79 Å². The number of ether oxygens (including phenoxy) is 1. The molecular formula is C29H35N5O4. The average molecular weight is 518 g/mol. The van der Waals surface area contributed by atoms with Gasteiger partial charge in [0.15, 0.2) is 5.82 Å². The smallest absolute Gasteiger partial charge is 0.247 e. The molecule has 1 aromatic carbocycles. The summed E-state index contributed by atoms with van der Waals surface area (Å²) in [6.07, 6.45) is 10.4. The number of fused-ring (bicyclic) bond motifs is 3. The van der Waals surface area contributed by atoms with Gasteiger partial charge in [-0.15, -0.1) is 10.2 Å². The van der Waals surface area contributed by atoms with Crippen LogP contribution in [0.3, 0.4) is 0 Å². The number of rotatable bonds is 7. The summed E-state index contributed by atoms with van der Waals surface area (Å²) in [6, 6.07) is 7.97. The standard InChI is InChI=1S/C29H35N5O4/c1-19-31-32-25(37-19)21-4-2-6-23(16-21)34(26(35)22-5-3-15-36-17-22)18-28-9-12-29(13-10-28,14-11-28)27-30-24(33-38-27)20-7-8-20/h2,4,6,16,20,22H,3,5,7-15,17-18H2,1H3. The SMILES string of the molecule is Cc1nnc(-c2cccc(N(CC34CCC(c5nc(C6CC6)no5)(CC3)CC4)C(=O)C3CCCOC3)c2)o1. The fraction of sp³-hybridized carbons (Fsp3) is 0.621. The molecule has 38 heavy (non-hydrogen) atoms. The fourth-order valence-corrected chi connectivity index (χ4v) is 6.79. The molecular weight excluding hydrogens is 482 g/mol. The number of carbonyl (C=O) groups is 1. The highest BCUT2D eigenvalue weighted by molar-refractivity contribution is 5.95. The summed E-state index contributed by atoms with van der Waals surface area (Å²) >= 11 is 0. The average Bonchev–Trinajstić information content (AvgIpc) is 3.52. The second kappa shape index (κ2) is 9.29. The zero-order chi connectivity index (χ0) is 25.7. The van der Waals surface area contributed by atoms with E-state index in [0.29, 0.717) is 30.9 Å². The molecule has 0 radical (unpaired) electrons. The summed E-state index contributed by atoms with van der Waals surface area (Å²) in [5.74, 6) is 3.30. The van der Waals surface area contributed by atoms with E-state index in [0.717, 1.165) is 80.9 Å². The van der Waals surface area contributed by atoms with Gasteiger partial charge in [0, 0.05) is 42.7 Å². The molecule has 1 unspecified atom stereocenters. The first-order chi connectivity index (χ1) is 18.5. The number of hydrogen-bond acceptors (Lipinski definition) is 8. The van der Waals surface area contributed by atoms with Crippen molar-refractivity contribution in [2.45, 2.75) is 82.5 Å². The van der Waals surface area contributed by atoms with Crippen molar-refractivity contribution in [1.29, 1.82) is 0 Å². The second-order valence-corrected chi connectivity index (χ2v) is 12.0. The largest absolute Gasteiger partial charge is 0.421 e. The van der Waals surface area contributed by atoms with Gasteiger partial charge in [0.05, 0.1) is 12.5 Å².